The summed E-state index contributed by atoms with van der Waals surface area (Å²) in [5, 5.41) is 9.89. The molecule has 0 spiro atoms. The lowest BCUT2D eigenvalue weighted by Crippen LogP contribution is -2.44. The van der Waals surface area contributed by atoms with E-state index in [1.165, 1.54) is 6.92 Å². The molecular formula is C20H25F3N4O6S. The van der Waals surface area contributed by atoms with E-state index in [9.17, 15) is 32.3 Å². The van der Waals surface area contributed by atoms with Gasteiger partial charge in [-0.3, -0.25) is 18.7 Å². The Balaban J connectivity index is 2.66. The molecule has 2 heterocycles. The van der Waals surface area contributed by atoms with Crippen LogP contribution in [-0.4, -0.2) is 44.0 Å². The van der Waals surface area contributed by atoms with Crippen molar-refractivity contribution in [2.24, 2.45) is 0 Å². The van der Waals surface area contributed by atoms with Gasteiger partial charge in [-0.05, 0) is 33.3 Å². The predicted molar refractivity (Wildman–Crippen MR) is 119 cm³/mol. The average molecular weight is 507 g/mol. The van der Waals surface area contributed by atoms with Gasteiger partial charge in [-0.2, -0.15) is 13.2 Å². The van der Waals surface area contributed by atoms with E-state index in [2.05, 4.69) is 0 Å². The van der Waals surface area contributed by atoms with Crippen LogP contribution in [0.4, 0.5) is 18.0 Å². The van der Waals surface area contributed by atoms with E-state index in [0.29, 0.717) is 10.4 Å². The highest BCUT2D eigenvalue weighted by Gasteiger charge is 2.29. The number of ether oxygens (including phenoxy) is 1. The fourth-order valence-electron chi connectivity index (χ4n) is 3.18. The summed E-state index contributed by atoms with van der Waals surface area (Å²) in [6.45, 7) is 5.59. The number of hydrogen-bond donors (Lipinski definition) is 2. The zero-order valence-corrected chi connectivity index (χ0v) is 19.7. The number of aromatic nitrogens is 2. The molecule has 0 radical (unpaired) electrons. The fourth-order valence-corrected chi connectivity index (χ4v) is 4.48. The van der Waals surface area contributed by atoms with Gasteiger partial charge in [0.1, 0.15) is 4.83 Å². The van der Waals surface area contributed by atoms with Gasteiger partial charge < -0.3 is 9.84 Å². The summed E-state index contributed by atoms with van der Waals surface area (Å²) in [4.78, 5) is 49.9. The second kappa shape index (κ2) is 10.8. The van der Waals surface area contributed by atoms with Crippen molar-refractivity contribution in [3.05, 3.63) is 43.6 Å². The Hall–Kier alpha value is -3.29. The summed E-state index contributed by atoms with van der Waals surface area (Å²) < 4.78 is 45.4. The number of amides is 2. The number of thiophene rings is 1. The molecule has 0 bridgehead atoms. The first-order valence-electron chi connectivity index (χ1n) is 10.2. The van der Waals surface area contributed by atoms with Crippen molar-refractivity contribution >= 4 is 33.6 Å². The van der Waals surface area contributed by atoms with Gasteiger partial charge in [-0.15, -0.1) is 11.3 Å². The highest BCUT2D eigenvalue weighted by Crippen LogP contribution is 2.30. The van der Waals surface area contributed by atoms with Gasteiger partial charge >= 0.3 is 18.0 Å². The topological polar surface area (TPSA) is 123 Å². The second-order valence-corrected chi connectivity index (χ2v) is 8.58. The van der Waals surface area contributed by atoms with Crippen LogP contribution < -0.4 is 16.7 Å². The minimum absolute atomic E-state index is 0.0243. The summed E-state index contributed by atoms with van der Waals surface area (Å²) in [6.07, 6.45) is -5.25. The molecule has 0 aliphatic rings. The van der Waals surface area contributed by atoms with Crippen LogP contribution in [0.1, 0.15) is 43.7 Å². The molecule has 2 amide bonds. The van der Waals surface area contributed by atoms with E-state index in [1.807, 2.05) is 5.43 Å². The number of alkyl halides is 3. The van der Waals surface area contributed by atoms with Gasteiger partial charge in [0.05, 0.1) is 31.2 Å². The Bertz CT molecular complexity index is 1210. The maximum atomic E-state index is 13.1. The smallest absolute Gasteiger partial charge is 0.423 e. The number of fused-ring (bicyclic) bond motifs is 1. The molecule has 0 aliphatic heterocycles. The van der Waals surface area contributed by atoms with Crippen LogP contribution in [0.25, 0.3) is 10.2 Å². The first-order valence-corrected chi connectivity index (χ1v) is 11.0. The van der Waals surface area contributed by atoms with Crippen molar-refractivity contribution in [2.75, 3.05) is 6.61 Å². The molecule has 2 aromatic rings. The number of nitrogens with one attached hydrogen (secondary N) is 1. The third-order valence-corrected chi connectivity index (χ3v) is 6.05. The molecule has 0 fully saturated rings. The van der Waals surface area contributed by atoms with Crippen LogP contribution in [0, 0.1) is 6.92 Å². The second-order valence-electron chi connectivity index (χ2n) is 7.50. The van der Waals surface area contributed by atoms with E-state index < -0.39 is 48.4 Å². The molecule has 10 nitrogen and oxygen atoms in total. The molecule has 0 aromatic carbocycles. The molecule has 0 atom stereocenters. The van der Waals surface area contributed by atoms with Crippen LogP contribution in [0.5, 0.6) is 0 Å². The highest BCUT2D eigenvalue weighted by atomic mass is 32.1. The van der Waals surface area contributed by atoms with E-state index >= 15 is 0 Å². The minimum atomic E-state index is -4.53. The molecule has 2 N–H and O–H groups in total. The lowest BCUT2D eigenvalue weighted by molar-refractivity contribution is -0.136. The predicted octanol–water partition coefficient (Wildman–Crippen LogP) is 3.13. The molecule has 0 aliphatic carbocycles. The molecular weight excluding hydrogens is 481 g/mol. The molecule has 0 saturated heterocycles. The van der Waals surface area contributed by atoms with Gasteiger partial charge in [-0.1, -0.05) is 0 Å². The van der Waals surface area contributed by atoms with Crippen molar-refractivity contribution in [1.29, 1.82) is 0 Å². The van der Waals surface area contributed by atoms with Crippen molar-refractivity contribution < 1.29 is 32.6 Å². The number of rotatable bonds is 8. The minimum Gasteiger partial charge on any atom is -0.501 e. The van der Waals surface area contributed by atoms with Gasteiger partial charge in [0.2, 0.25) is 0 Å². The average Bonchev–Trinajstić information content (AvgIpc) is 3.02. The summed E-state index contributed by atoms with van der Waals surface area (Å²) in [6, 6.07) is -0.611. The van der Waals surface area contributed by atoms with Crippen LogP contribution in [0.15, 0.2) is 21.9 Å². The molecule has 188 valence electrons. The quantitative estimate of drug-likeness (QED) is 0.322. The highest BCUT2D eigenvalue weighted by molar-refractivity contribution is 7.18. The standard InChI is InChI=1S/C20H25F3N4O6S/c1-5-33-9-6-14(28)26(24-18(30)31)10-13-12(4)15-16(29)27(11(2)3)19(32)25(17(15)34-13)8-7-20(21,22)23/h6,9,11,24H,5,7-8,10H2,1-4H3,(H,30,31). The van der Waals surface area contributed by atoms with Gasteiger partial charge in [-0.25, -0.2) is 20.0 Å². The molecule has 0 saturated carbocycles. The Morgan fingerprint density at radius 1 is 1.29 bits per heavy atom. The van der Waals surface area contributed by atoms with Crippen LogP contribution in [-0.2, 0) is 22.6 Å². The molecule has 0 unspecified atom stereocenters. The number of nitrogens with zero attached hydrogens (tertiary/aromatic N) is 3. The summed E-state index contributed by atoms with van der Waals surface area (Å²) in [5.74, 6) is -0.776. The van der Waals surface area contributed by atoms with Crippen molar-refractivity contribution in [3.63, 3.8) is 0 Å². The molecule has 2 aromatic heterocycles. The van der Waals surface area contributed by atoms with Crippen LogP contribution in [0.3, 0.4) is 0 Å². The number of aryl methyl sites for hydroxylation is 2. The normalized spacial score (nSPS) is 12.0. The molecule has 14 heteroatoms. The number of carbonyl (C=O) groups excluding carboxylic acids is 1. The number of hydrazine groups is 1. The third kappa shape index (κ3) is 6.18. The molecule has 34 heavy (non-hydrogen) atoms. The van der Waals surface area contributed by atoms with E-state index in [0.717, 1.165) is 37.8 Å². The zero-order chi connectivity index (χ0) is 25.8. The summed E-state index contributed by atoms with van der Waals surface area (Å²) >= 11 is 0.851. The third-order valence-electron chi connectivity index (χ3n) is 4.75. The van der Waals surface area contributed by atoms with Gasteiger partial charge in [0.15, 0.2) is 0 Å². The van der Waals surface area contributed by atoms with E-state index in [-0.39, 0.29) is 23.4 Å². The summed E-state index contributed by atoms with van der Waals surface area (Å²) in [7, 11) is 0. The maximum Gasteiger partial charge on any atom is 0.423 e. The van der Waals surface area contributed by atoms with E-state index in [4.69, 9.17) is 9.84 Å². The Labute approximate surface area is 195 Å². The number of halogens is 3. The van der Waals surface area contributed by atoms with E-state index in [1.54, 1.807) is 20.8 Å². The lowest BCUT2D eigenvalue weighted by atomic mass is 10.2. The largest absolute Gasteiger partial charge is 0.501 e. The van der Waals surface area contributed by atoms with Crippen molar-refractivity contribution in [3.8, 4) is 0 Å². The number of carbonyl (C=O) groups is 2. The fraction of sp³-hybridized carbons (Fsp3) is 0.500. The van der Waals surface area contributed by atoms with Gasteiger partial charge in [0.25, 0.3) is 11.5 Å². The number of carboxylic acid groups (broad SMARTS) is 1. The Kier molecular flexibility index (Phi) is 8.53. The Morgan fingerprint density at radius 3 is 2.47 bits per heavy atom. The zero-order valence-electron chi connectivity index (χ0n) is 18.9. The van der Waals surface area contributed by atoms with Crippen LogP contribution >= 0.6 is 11.3 Å². The first kappa shape index (κ1) is 27.0. The lowest BCUT2D eigenvalue weighted by Gasteiger charge is -2.19. The SMILES string of the molecule is CCOC=CC(=O)N(Cc1sc2c(c1C)c(=O)n(C(C)C)c(=O)n2CCC(F)(F)F)NC(=O)O. The summed E-state index contributed by atoms with van der Waals surface area (Å²) in [5.41, 5.74) is 0.732. The van der Waals surface area contributed by atoms with Crippen molar-refractivity contribution in [2.45, 2.75) is 59.4 Å². The molecule has 2 rings (SSSR count). The first-order chi connectivity index (χ1) is 15.8. The van der Waals surface area contributed by atoms with Gasteiger partial charge in [0, 0.05) is 23.5 Å². The van der Waals surface area contributed by atoms with Crippen LogP contribution in [0.2, 0.25) is 0 Å². The number of hydrogen-bond acceptors (Lipinski definition) is 6. The monoisotopic (exact) mass is 506 g/mol. The maximum absolute atomic E-state index is 13.1. The van der Waals surface area contributed by atoms with Crippen molar-refractivity contribution in [1.82, 2.24) is 19.6 Å². The Morgan fingerprint density at radius 2 is 1.94 bits per heavy atom.